The van der Waals surface area contributed by atoms with E-state index >= 15 is 0 Å². The van der Waals surface area contributed by atoms with E-state index in [0.29, 0.717) is 19.5 Å². The fraction of sp³-hybridized carbons (Fsp3) is 0.857. The summed E-state index contributed by atoms with van der Waals surface area (Å²) in [5, 5.41) is 14.7. The number of nitrogens with zero attached hydrogens (tertiary/aromatic N) is 3. The molecule has 4 amide bonds. The second kappa shape index (κ2) is 20.7. The maximum Gasteiger partial charge on any atom is 0.303 e. The molecule has 0 radical (unpaired) electrons. The van der Waals surface area contributed by atoms with Gasteiger partial charge < -0.3 is 35.0 Å². The summed E-state index contributed by atoms with van der Waals surface area (Å²) in [6.07, 6.45) is 1.62. The molecule has 278 valence electrons. The lowest BCUT2D eigenvalue weighted by atomic mass is 9.89. The largest absolute Gasteiger partial charge is 0.481 e. The van der Waals surface area contributed by atoms with Crippen molar-refractivity contribution in [2.24, 2.45) is 23.7 Å². The summed E-state index contributed by atoms with van der Waals surface area (Å²) < 4.78 is 11.7. The highest BCUT2D eigenvalue weighted by molar-refractivity contribution is 5.90. The van der Waals surface area contributed by atoms with Crippen LogP contribution in [0.1, 0.15) is 87.0 Å². The van der Waals surface area contributed by atoms with Crippen LogP contribution in [-0.2, 0) is 33.4 Å². The van der Waals surface area contributed by atoms with Gasteiger partial charge in [-0.25, -0.2) is 0 Å². The van der Waals surface area contributed by atoms with Crippen LogP contribution in [0.3, 0.4) is 0 Å². The Morgan fingerprint density at radius 3 is 2.06 bits per heavy atom. The number of amides is 4. The number of rotatable bonds is 21. The van der Waals surface area contributed by atoms with Gasteiger partial charge in [-0.15, -0.1) is 0 Å². The molecule has 13 heteroatoms. The minimum atomic E-state index is -0.885. The van der Waals surface area contributed by atoms with Gasteiger partial charge in [-0.1, -0.05) is 54.9 Å². The van der Waals surface area contributed by atoms with Gasteiger partial charge in [0, 0.05) is 41.3 Å². The third kappa shape index (κ3) is 11.7. The molecule has 1 fully saturated rings. The molecule has 0 unspecified atom stereocenters. The molecule has 0 aromatic rings. The van der Waals surface area contributed by atoms with Crippen LogP contribution in [0.4, 0.5) is 0 Å². The quantitative estimate of drug-likeness (QED) is 0.165. The number of carboxylic acids is 1. The van der Waals surface area contributed by atoms with E-state index in [0.717, 1.165) is 19.3 Å². The average molecular weight is 684 g/mol. The molecule has 0 aromatic carbocycles. The van der Waals surface area contributed by atoms with Gasteiger partial charge in [0.05, 0.1) is 42.7 Å². The highest BCUT2D eigenvalue weighted by atomic mass is 16.5. The summed E-state index contributed by atoms with van der Waals surface area (Å²) in [4.78, 5) is 70.6. The van der Waals surface area contributed by atoms with Crippen molar-refractivity contribution >= 4 is 29.6 Å². The number of hydrogen-bond donors (Lipinski definition) is 3. The standard InChI is InChI=1S/C35H65N5O8/c1-13-23(6)31(26(47-11)20-27(41)40-19-14-16-25(40)32(48-12)24(7)33(44)36-8)39(10)35(46)29(21(2)3)37-34(45)30(22(4)5)38(9)18-15-17-28(42)43/h21-26,29-32H,13-20H2,1-12H3,(H,36,44)(H,37,45)(H,42,43)/t23-,24+,25-,26+,29-,30-,31-,32+/m0/s1. The van der Waals surface area contributed by atoms with Gasteiger partial charge in [0.1, 0.15) is 6.04 Å². The Morgan fingerprint density at radius 2 is 1.58 bits per heavy atom. The summed E-state index contributed by atoms with van der Waals surface area (Å²) in [5.74, 6) is -2.50. The molecule has 13 nitrogen and oxygen atoms in total. The lowest BCUT2D eigenvalue weighted by Gasteiger charge is -2.41. The molecule has 0 aliphatic carbocycles. The second-order valence-corrected chi connectivity index (χ2v) is 14.1. The number of carbonyl (C=O) groups excluding carboxylic acids is 4. The normalized spacial score (nSPS) is 19.4. The summed E-state index contributed by atoms with van der Waals surface area (Å²) in [5.41, 5.74) is 0. The Kier molecular flexibility index (Phi) is 18.6. The van der Waals surface area contributed by atoms with E-state index in [1.807, 2.05) is 46.4 Å². The SMILES string of the molecule is CC[C@H](C)[C@@H]([C@@H](CC(=O)N1CCC[C@H]1[C@H](OC)[C@@H](C)C(=O)NC)OC)N(C)C(=O)[C@@H](NC(=O)[C@H](C(C)C)N(C)CCCC(=O)O)C(C)C. The van der Waals surface area contributed by atoms with Crippen LogP contribution in [-0.4, -0.2) is 134 Å². The number of methoxy groups -OCH3 is 2. The van der Waals surface area contributed by atoms with Crippen molar-refractivity contribution in [2.75, 3.05) is 48.5 Å². The van der Waals surface area contributed by atoms with Crippen molar-refractivity contribution in [3.05, 3.63) is 0 Å². The van der Waals surface area contributed by atoms with Gasteiger partial charge in [0.25, 0.3) is 0 Å². The fourth-order valence-electron chi connectivity index (χ4n) is 7.14. The molecule has 3 N–H and O–H groups in total. The third-order valence-corrected chi connectivity index (χ3v) is 10.0. The summed E-state index contributed by atoms with van der Waals surface area (Å²) in [6.45, 7) is 14.4. The van der Waals surface area contributed by atoms with E-state index in [4.69, 9.17) is 14.6 Å². The minimum absolute atomic E-state index is 0.00928. The molecule has 0 aromatic heterocycles. The zero-order valence-electron chi connectivity index (χ0n) is 31.6. The zero-order chi connectivity index (χ0) is 36.9. The Balaban J connectivity index is 3.26. The van der Waals surface area contributed by atoms with Gasteiger partial charge in [-0.2, -0.15) is 0 Å². The van der Waals surface area contributed by atoms with E-state index in [9.17, 15) is 24.0 Å². The van der Waals surface area contributed by atoms with Crippen LogP contribution < -0.4 is 10.6 Å². The topological polar surface area (TPSA) is 158 Å². The van der Waals surface area contributed by atoms with Gasteiger partial charge in [-0.3, -0.25) is 28.9 Å². The first-order chi connectivity index (χ1) is 22.5. The molecule has 1 rings (SSSR count). The zero-order valence-corrected chi connectivity index (χ0v) is 31.6. The van der Waals surface area contributed by atoms with Crippen molar-refractivity contribution in [1.29, 1.82) is 0 Å². The van der Waals surface area contributed by atoms with E-state index < -0.39 is 42.2 Å². The van der Waals surface area contributed by atoms with Crippen molar-refractivity contribution < 1.29 is 38.6 Å². The minimum Gasteiger partial charge on any atom is -0.481 e. The number of carboxylic acid groups (broad SMARTS) is 1. The van der Waals surface area contributed by atoms with Gasteiger partial charge in [0.2, 0.25) is 23.6 Å². The predicted octanol–water partition coefficient (Wildman–Crippen LogP) is 2.61. The molecule has 1 heterocycles. The highest BCUT2D eigenvalue weighted by Gasteiger charge is 2.43. The van der Waals surface area contributed by atoms with E-state index in [1.165, 1.54) is 0 Å². The lowest BCUT2D eigenvalue weighted by molar-refractivity contribution is -0.148. The molecule has 0 spiro atoms. The third-order valence-electron chi connectivity index (χ3n) is 10.0. The summed E-state index contributed by atoms with van der Waals surface area (Å²) in [7, 11) is 8.20. The van der Waals surface area contributed by atoms with Gasteiger partial charge in [-0.05, 0) is 50.6 Å². The van der Waals surface area contributed by atoms with E-state index in [2.05, 4.69) is 10.6 Å². The first-order valence-electron chi connectivity index (χ1n) is 17.5. The van der Waals surface area contributed by atoms with Crippen molar-refractivity contribution in [3.63, 3.8) is 0 Å². The Morgan fingerprint density at radius 1 is 0.958 bits per heavy atom. The van der Waals surface area contributed by atoms with E-state index in [1.54, 1.807) is 52.1 Å². The maximum absolute atomic E-state index is 14.2. The highest BCUT2D eigenvalue weighted by Crippen LogP contribution is 2.29. The fourth-order valence-corrected chi connectivity index (χ4v) is 7.14. The molecular weight excluding hydrogens is 618 g/mol. The second-order valence-electron chi connectivity index (χ2n) is 14.1. The number of likely N-dealkylation sites (N-methyl/N-ethyl adjacent to an activating group) is 2. The van der Waals surface area contributed by atoms with Crippen LogP contribution in [0.2, 0.25) is 0 Å². The van der Waals surface area contributed by atoms with Gasteiger partial charge in [0.15, 0.2) is 0 Å². The first-order valence-corrected chi connectivity index (χ1v) is 17.5. The molecule has 48 heavy (non-hydrogen) atoms. The number of aliphatic carboxylic acids is 1. The molecule has 1 aliphatic rings. The molecular formula is C35H65N5O8. The Hall–Kier alpha value is -2.77. The number of ether oxygens (including phenoxy) is 2. The van der Waals surface area contributed by atoms with Crippen LogP contribution in [0.25, 0.3) is 0 Å². The number of hydrogen-bond acceptors (Lipinski definition) is 8. The maximum atomic E-state index is 14.2. The Bertz CT molecular complexity index is 1060. The monoisotopic (exact) mass is 683 g/mol. The van der Waals surface area contributed by atoms with E-state index in [-0.39, 0.29) is 60.3 Å². The number of carbonyl (C=O) groups is 5. The molecule has 0 saturated carbocycles. The van der Waals surface area contributed by atoms with Crippen molar-refractivity contribution in [3.8, 4) is 0 Å². The number of likely N-dealkylation sites (tertiary alicyclic amines) is 1. The molecule has 0 bridgehead atoms. The summed E-state index contributed by atoms with van der Waals surface area (Å²) in [6, 6.07) is -2.10. The van der Waals surface area contributed by atoms with Crippen LogP contribution >= 0.6 is 0 Å². The lowest BCUT2D eigenvalue weighted by Crippen LogP contribution is -2.60. The van der Waals surface area contributed by atoms with Crippen molar-refractivity contribution in [2.45, 2.75) is 123 Å². The average Bonchev–Trinajstić information content (AvgIpc) is 3.51. The predicted molar refractivity (Wildman–Crippen MR) is 185 cm³/mol. The summed E-state index contributed by atoms with van der Waals surface area (Å²) >= 11 is 0. The Labute approximate surface area is 288 Å². The van der Waals surface area contributed by atoms with Crippen LogP contribution in [0, 0.1) is 23.7 Å². The first kappa shape index (κ1) is 43.3. The molecule has 8 atom stereocenters. The van der Waals surface area contributed by atoms with Crippen LogP contribution in [0.5, 0.6) is 0 Å². The smallest absolute Gasteiger partial charge is 0.303 e. The van der Waals surface area contributed by atoms with Crippen LogP contribution in [0.15, 0.2) is 0 Å². The number of nitrogens with one attached hydrogen (secondary N) is 2. The molecule has 1 aliphatic heterocycles. The van der Waals surface area contributed by atoms with Crippen molar-refractivity contribution in [1.82, 2.24) is 25.3 Å². The van der Waals surface area contributed by atoms with Gasteiger partial charge >= 0.3 is 5.97 Å². The molecule has 1 saturated heterocycles.